The lowest BCUT2D eigenvalue weighted by Gasteiger charge is -2.10. The number of hydrogen-bond donors (Lipinski definition) is 1. The van der Waals surface area contributed by atoms with Gasteiger partial charge in [0.2, 0.25) is 5.82 Å². The molecule has 0 aliphatic heterocycles. The summed E-state index contributed by atoms with van der Waals surface area (Å²) in [5, 5.41) is 8.66. The normalized spacial score (nSPS) is 10.9. The van der Waals surface area contributed by atoms with Gasteiger partial charge in [0.15, 0.2) is 16.7 Å². The van der Waals surface area contributed by atoms with Crippen molar-refractivity contribution in [1.29, 1.82) is 0 Å². The van der Waals surface area contributed by atoms with Gasteiger partial charge in [0, 0.05) is 20.6 Å². The number of nitrogens with two attached hydrogens (primary N) is 1. The lowest BCUT2D eigenvalue weighted by Crippen LogP contribution is -2.41. The predicted molar refractivity (Wildman–Crippen MR) is 104 cm³/mol. The second-order valence-electron chi connectivity index (χ2n) is 5.86. The van der Waals surface area contributed by atoms with E-state index in [9.17, 15) is 14.4 Å². The van der Waals surface area contributed by atoms with Gasteiger partial charge in [-0.25, -0.2) is 4.79 Å². The average Bonchev–Trinajstić information content (AvgIpc) is 3.33. The van der Waals surface area contributed by atoms with Gasteiger partial charge in [0.1, 0.15) is 11.4 Å². The molecule has 0 spiro atoms. The first-order chi connectivity index (χ1) is 13.4. The summed E-state index contributed by atoms with van der Waals surface area (Å²) in [6, 6.07) is 3.48. The van der Waals surface area contributed by atoms with Gasteiger partial charge >= 0.3 is 5.69 Å². The maximum absolute atomic E-state index is 12.7. The van der Waals surface area contributed by atoms with Crippen LogP contribution in [0.3, 0.4) is 0 Å². The number of ketones is 1. The van der Waals surface area contributed by atoms with Crippen molar-refractivity contribution in [2.45, 2.75) is 11.7 Å². The predicted octanol–water partition coefficient (Wildman–Crippen LogP) is 0.679. The topological polar surface area (TPSA) is 131 Å². The summed E-state index contributed by atoms with van der Waals surface area (Å²) in [7, 11) is 2.70. The zero-order valence-electron chi connectivity index (χ0n) is 15.3. The van der Waals surface area contributed by atoms with E-state index in [-0.39, 0.29) is 17.1 Å². The third-order valence-corrected chi connectivity index (χ3v) is 5.06. The molecular formula is C17H18N6O4S. The van der Waals surface area contributed by atoms with Crippen molar-refractivity contribution >= 4 is 23.4 Å². The summed E-state index contributed by atoms with van der Waals surface area (Å²) in [5.74, 6) is 0.250. The second-order valence-corrected chi connectivity index (χ2v) is 6.80. The Kier molecular flexibility index (Phi) is 5.36. The van der Waals surface area contributed by atoms with Crippen LogP contribution >= 0.6 is 11.8 Å². The van der Waals surface area contributed by atoms with Crippen LogP contribution in [0.25, 0.3) is 11.6 Å². The summed E-state index contributed by atoms with van der Waals surface area (Å²) < 4.78 is 9.01. The summed E-state index contributed by atoms with van der Waals surface area (Å²) in [6.45, 7) is 4.12. The Hall–Kier alpha value is -3.34. The average molecular weight is 402 g/mol. The fourth-order valence-electron chi connectivity index (χ4n) is 2.60. The number of aromatic nitrogens is 5. The molecule has 0 radical (unpaired) electrons. The molecule has 10 nitrogen and oxygen atoms in total. The lowest BCUT2D eigenvalue weighted by molar-refractivity contribution is 0.102. The molecule has 0 saturated carbocycles. The van der Waals surface area contributed by atoms with Gasteiger partial charge < -0.3 is 10.2 Å². The molecule has 0 aliphatic carbocycles. The fourth-order valence-corrected chi connectivity index (χ4v) is 3.42. The van der Waals surface area contributed by atoms with Gasteiger partial charge in [0.05, 0.1) is 12.0 Å². The molecule has 0 saturated heterocycles. The van der Waals surface area contributed by atoms with E-state index in [1.165, 1.54) is 20.4 Å². The summed E-state index contributed by atoms with van der Waals surface area (Å²) in [4.78, 5) is 36.9. The van der Waals surface area contributed by atoms with Crippen molar-refractivity contribution < 1.29 is 9.21 Å². The Labute approximate surface area is 163 Å². The van der Waals surface area contributed by atoms with Crippen molar-refractivity contribution in [3.05, 3.63) is 57.5 Å². The zero-order valence-corrected chi connectivity index (χ0v) is 16.1. The van der Waals surface area contributed by atoms with Gasteiger partial charge in [-0.15, -0.1) is 16.8 Å². The Morgan fingerprint density at radius 3 is 2.71 bits per heavy atom. The number of anilines is 1. The molecule has 0 atom stereocenters. The first-order valence-electron chi connectivity index (χ1n) is 8.16. The first-order valence-corrected chi connectivity index (χ1v) is 9.14. The highest BCUT2D eigenvalue weighted by Crippen LogP contribution is 2.25. The van der Waals surface area contributed by atoms with Gasteiger partial charge in [-0.3, -0.25) is 23.3 Å². The van der Waals surface area contributed by atoms with Crippen molar-refractivity contribution in [3.63, 3.8) is 0 Å². The van der Waals surface area contributed by atoms with Crippen LogP contribution in [0.5, 0.6) is 0 Å². The quantitative estimate of drug-likeness (QED) is 0.347. The molecule has 0 aromatic carbocycles. The molecule has 3 rings (SSSR count). The van der Waals surface area contributed by atoms with Crippen molar-refractivity contribution in [3.8, 4) is 11.6 Å². The molecule has 0 unspecified atom stereocenters. The fraction of sp³-hybridized carbons (Fsp3) is 0.235. The maximum Gasteiger partial charge on any atom is 0.332 e. The summed E-state index contributed by atoms with van der Waals surface area (Å²) in [6.07, 6.45) is 3.19. The number of Topliss-reactive ketones (excluding diaryl/α,β-unsaturated/α-hetero) is 1. The van der Waals surface area contributed by atoms with Crippen LogP contribution in [0.4, 0.5) is 5.82 Å². The van der Waals surface area contributed by atoms with Crippen LogP contribution < -0.4 is 17.0 Å². The monoisotopic (exact) mass is 402 g/mol. The van der Waals surface area contributed by atoms with E-state index in [1.54, 1.807) is 22.8 Å². The number of nitrogens with zero attached hydrogens (tertiary/aromatic N) is 5. The van der Waals surface area contributed by atoms with Crippen LogP contribution in [0.1, 0.15) is 10.4 Å². The molecule has 0 bridgehead atoms. The molecule has 146 valence electrons. The first kappa shape index (κ1) is 19.4. The number of nitrogen functional groups attached to an aromatic ring is 1. The Morgan fingerprint density at radius 2 is 2.07 bits per heavy atom. The molecule has 11 heteroatoms. The van der Waals surface area contributed by atoms with Crippen molar-refractivity contribution in [1.82, 2.24) is 23.9 Å². The largest absolute Gasteiger partial charge is 0.461 e. The minimum atomic E-state index is -0.727. The van der Waals surface area contributed by atoms with Crippen molar-refractivity contribution in [2.75, 3.05) is 11.5 Å². The molecule has 3 aromatic heterocycles. The molecule has 3 aromatic rings. The van der Waals surface area contributed by atoms with Gasteiger partial charge in [-0.1, -0.05) is 17.8 Å². The maximum atomic E-state index is 12.7. The van der Waals surface area contributed by atoms with Crippen LogP contribution in [0, 0.1) is 0 Å². The van der Waals surface area contributed by atoms with Gasteiger partial charge in [-0.2, -0.15) is 0 Å². The molecule has 0 amide bonds. The number of hydrogen-bond acceptors (Lipinski definition) is 8. The van der Waals surface area contributed by atoms with Gasteiger partial charge in [-0.05, 0) is 12.1 Å². The highest BCUT2D eigenvalue weighted by Gasteiger charge is 2.22. The number of furan rings is 1. The molecule has 2 N–H and O–H groups in total. The van der Waals surface area contributed by atoms with E-state index < -0.39 is 17.0 Å². The van der Waals surface area contributed by atoms with E-state index in [0.717, 1.165) is 20.9 Å². The molecule has 0 fully saturated rings. The highest BCUT2D eigenvalue weighted by atomic mass is 32.2. The van der Waals surface area contributed by atoms with Crippen LogP contribution in [-0.4, -0.2) is 35.4 Å². The third kappa shape index (κ3) is 3.31. The van der Waals surface area contributed by atoms with Gasteiger partial charge in [0.25, 0.3) is 5.56 Å². The van der Waals surface area contributed by atoms with E-state index >= 15 is 0 Å². The van der Waals surface area contributed by atoms with E-state index in [1.807, 2.05) is 0 Å². The molecular weight excluding hydrogens is 384 g/mol. The molecule has 3 heterocycles. The third-order valence-electron chi connectivity index (χ3n) is 4.09. The van der Waals surface area contributed by atoms with Crippen LogP contribution in [-0.2, 0) is 20.6 Å². The SMILES string of the molecule is C=CCn1c(SCC(=O)c2c(N)n(C)c(=O)n(C)c2=O)nnc1-c1ccco1. The summed E-state index contributed by atoms with van der Waals surface area (Å²) in [5.41, 5.74) is 4.28. The van der Waals surface area contributed by atoms with E-state index in [0.29, 0.717) is 23.3 Å². The number of rotatable bonds is 7. The molecule has 28 heavy (non-hydrogen) atoms. The summed E-state index contributed by atoms with van der Waals surface area (Å²) >= 11 is 1.10. The number of carbonyl (C=O) groups excluding carboxylic acids is 1. The minimum absolute atomic E-state index is 0.106. The Balaban J connectivity index is 1.90. The number of carbonyl (C=O) groups is 1. The van der Waals surface area contributed by atoms with Crippen LogP contribution in [0.2, 0.25) is 0 Å². The lowest BCUT2D eigenvalue weighted by atomic mass is 10.2. The smallest absolute Gasteiger partial charge is 0.332 e. The second kappa shape index (κ2) is 7.72. The van der Waals surface area contributed by atoms with Crippen molar-refractivity contribution in [2.24, 2.45) is 14.1 Å². The van der Waals surface area contributed by atoms with E-state index in [4.69, 9.17) is 10.2 Å². The van der Waals surface area contributed by atoms with E-state index in [2.05, 4.69) is 16.8 Å². The van der Waals surface area contributed by atoms with Crippen LogP contribution in [0.15, 0.2) is 50.2 Å². The minimum Gasteiger partial charge on any atom is -0.461 e. The Bertz CT molecular complexity index is 1160. The highest BCUT2D eigenvalue weighted by molar-refractivity contribution is 7.99. The Morgan fingerprint density at radius 1 is 1.32 bits per heavy atom. The molecule has 0 aliphatic rings. The zero-order chi connectivity index (χ0) is 20.4. The standard InChI is InChI=1S/C17H18N6O4S/c1-4-7-23-14(11-6-5-8-27-11)19-20-16(23)28-9-10(24)12-13(18)21(2)17(26)22(3)15(12)25/h4-6,8H,1,7,9,18H2,2-3H3. The number of thioether (sulfide) groups is 1. The number of allylic oxidation sites excluding steroid dienone is 1.